The molecule has 0 atom stereocenters. The molecule has 9 heteroatoms. The summed E-state index contributed by atoms with van der Waals surface area (Å²) >= 11 is 1.55. The van der Waals surface area contributed by atoms with Crippen LogP contribution >= 0.6 is 11.3 Å². The molecule has 0 bridgehead atoms. The van der Waals surface area contributed by atoms with E-state index >= 15 is 0 Å². The number of hydrogen-bond acceptors (Lipinski definition) is 9. The summed E-state index contributed by atoms with van der Waals surface area (Å²) in [6, 6.07) is 3.82. The lowest BCUT2D eigenvalue weighted by Gasteiger charge is -2.18. The first-order valence-corrected chi connectivity index (χ1v) is 10.0. The number of hydrogen-bond donors (Lipinski definition) is 1. The van der Waals surface area contributed by atoms with E-state index in [4.69, 9.17) is 9.47 Å². The fourth-order valence-corrected chi connectivity index (χ4v) is 3.94. The molecule has 0 aliphatic carbocycles. The van der Waals surface area contributed by atoms with Gasteiger partial charge in [0.2, 0.25) is 11.9 Å². The molecule has 1 aromatic carbocycles. The number of phenols is 1. The molecule has 0 spiro atoms. The molecule has 1 N–H and O–H groups in total. The van der Waals surface area contributed by atoms with Crippen LogP contribution in [0.4, 0.5) is 11.9 Å². The molecule has 4 rings (SSSR count). The molecule has 29 heavy (non-hydrogen) atoms. The fourth-order valence-electron chi connectivity index (χ4n) is 3.02. The molecule has 0 radical (unpaired) electrons. The van der Waals surface area contributed by atoms with E-state index in [1.807, 2.05) is 62.4 Å². The van der Waals surface area contributed by atoms with Crippen LogP contribution in [0.5, 0.6) is 17.2 Å². The first-order valence-electron chi connectivity index (χ1n) is 9.17. The molecule has 1 aliphatic rings. The Labute approximate surface area is 173 Å². The van der Waals surface area contributed by atoms with Gasteiger partial charge in [-0.3, -0.25) is 0 Å². The average molecular weight is 414 g/mol. The maximum absolute atomic E-state index is 10.8. The third-order valence-electron chi connectivity index (χ3n) is 4.52. The number of phenolic OH excluding ortho intramolecular Hbond substituents is 1. The third-order valence-corrected chi connectivity index (χ3v) is 5.51. The molecule has 8 nitrogen and oxygen atoms in total. The normalized spacial score (nSPS) is 12.7. The van der Waals surface area contributed by atoms with Gasteiger partial charge in [-0.1, -0.05) is 0 Å². The summed E-state index contributed by atoms with van der Waals surface area (Å²) in [5, 5.41) is 12.7. The van der Waals surface area contributed by atoms with E-state index in [0.717, 1.165) is 27.5 Å². The van der Waals surface area contributed by atoms with E-state index in [-0.39, 0.29) is 5.75 Å². The summed E-state index contributed by atoms with van der Waals surface area (Å²) < 4.78 is 11.5. The molecule has 3 aromatic rings. The predicted molar refractivity (Wildman–Crippen MR) is 115 cm³/mol. The third kappa shape index (κ3) is 3.53. The molecule has 0 unspecified atom stereocenters. The van der Waals surface area contributed by atoms with Gasteiger partial charge in [0.05, 0.1) is 10.4 Å². The summed E-state index contributed by atoms with van der Waals surface area (Å²) in [5.41, 5.74) is 2.20. The van der Waals surface area contributed by atoms with Gasteiger partial charge < -0.3 is 24.4 Å². The van der Waals surface area contributed by atoms with Crippen LogP contribution in [0.2, 0.25) is 0 Å². The largest absolute Gasteiger partial charge is 0.507 e. The zero-order valence-electron chi connectivity index (χ0n) is 17.1. The van der Waals surface area contributed by atoms with Crippen molar-refractivity contribution in [1.29, 1.82) is 0 Å². The molecular formula is C20H23N5O3S. The Balaban J connectivity index is 1.88. The smallest absolute Gasteiger partial charge is 0.230 e. The number of aryl methyl sites for hydroxylation is 1. The lowest BCUT2D eigenvalue weighted by Crippen LogP contribution is -2.19. The van der Waals surface area contributed by atoms with Crippen LogP contribution in [0.25, 0.3) is 21.8 Å². The van der Waals surface area contributed by atoms with Crippen molar-refractivity contribution in [2.45, 2.75) is 6.92 Å². The SMILES string of the molecule is Cc1cc(-c2scc3c2OCCO3)cc(-c2nc(N(C)C)nc(N(C)C)n2)c1O. The van der Waals surface area contributed by atoms with Crippen molar-refractivity contribution in [2.75, 3.05) is 51.2 Å². The monoisotopic (exact) mass is 413 g/mol. The number of anilines is 2. The minimum Gasteiger partial charge on any atom is -0.507 e. The maximum Gasteiger partial charge on any atom is 0.230 e. The molecule has 2 aromatic heterocycles. The standard InChI is InChI=1S/C20H23N5O3S/c1-11-8-12(17-16-14(10-29-17)27-6-7-28-16)9-13(15(11)26)18-21-19(24(2)3)23-20(22-18)25(4)5/h8-10,26H,6-7H2,1-5H3. The van der Waals surface area contributed by atoms with Crippen LogP contribution in [0.3, 0.4) is 0 Å². The second-order valence-electron chi connectivity index (χ2n) is 7.19. The van der Waals surface area contributed by atoms with Gasteiger partial charge in [-0.05, 0) is 30.2 Å². The second kappa shape index (κ2) is 7.40. The summed E-state index contributed by atoms with van der Waals surface area (Å²) in [5.74, 6) is 3.11. The van der Waals surface area contributed by atoms with Gasteiger partial charge in [-0.25, -0.2) is 0 Å². The van der Waals surface area contributed by atoms with Gasteiger partial charge in [0.15, 0.2) is 17.3 Å². The van der Waals surface area contributed by atoms with E-state index in [0.29, 0.717) is 36.5 Å². The number of fused-ring (bicyclic) bond motifs is 1. The average Bonchev–Trinajstić information content (AvgIpc) is 3.13. The van der Waals surface area contributed by atoms with Crippen molar-refractivity contribution in [3.05, 3.63) is 23.1 Å². The Hall–Kier alpha value is -3.07. The predicted octanol–water partition coefficient (Wildman–Crippen LogP) is 3.18. The Morgan fingerprint density at radius 3 is 2.28 bits per heavy atom. The number of ether oxygens (including phenoxy) is 2. The highest BCUT2D eigenvalue weighted by Gasteiger charge is 2.23. The van der Waals surface area contributed by atoms with E-state index in [2.05, 4.69) is 15.0 Å². The summed E-state index contributed by atoms with van der Waals surface area (Å²) in [4.78, 5) is 18.2. The van der Waals surface area contributed by atoms with Crippen molar-refractivity contribution in [3.63, 3.8) is 0 Å². The number of aromatic nitrogens is 3. The molecular weight excluding hydrogens is 390 g/mol. The first kappa shape index (κ1) is 19.3. The molecule has 0 amide bonds. The van der Waals surface area contributed by atoms with Crippen LogP contribution in [0.15, 0.2) is 17.5 Å². The molecule has 0 saturated carbocycles. The number of benzene rings is 1. The molecule has 3 heterocycles. The zero-order valence-corrected chi connectivity index (χ0v) is 17.9. The van der Waals surface area contributed by atoms with Crippen molar-refractivity contribution in [2.24, 2.45) is 0 Å². The van der Waals surface area contributed by atoms with Crippen LogP contribution in [0.1, 0.15) is 5.56 Å². The summed E-state index contributed by atoms with van der Waals surface area (Å²) in [6.45, 7) is 2.93. The van der Waals surface area contributed by atoms with Gasteiger partial charge in [0, 0.05) is 33.6 Å². The van der Waals surface area contributed by atoms with Gasteiger partial charge in [-0.2, -0.15) is 15.0 Å². The number of aromatic hydroxyl groups is 1. The van der Waals surface area contributed by atoms with Crippen molar-refractivity contribution < 1.29 is 14.6 Å². The lowest BCUT2D eigenvalue weighted by atomic mass is 10.0. The van der Waals surface area contributed by atoms with Crippen molar-refractivity contribution >= 4 is 23.2 Å². The molecule has 152 valence electrons. The molecule has 1 aliphatic heterocycles. The van der Waals surface area contributed by atoms with Gasteiger partial charge in [0.25, 0.3) is 0 Å². The summed E-state index contributed by atoms with van der Waals surface area (Å²) in [7, 11) is 7.48. The minimum absolute atomic E-state index is 0.150. The Morgan fingerprint density at radius 2 is 1.62 bits per heavy atom. The highest BCUT2D eigenvalue weighted by molar-refractivity contribution is 7.14. The first-order chi connectivity index (χ1) is 13.8. The van der Waals surface area contributed by atoms with E-state index in [1.165, 1.54) is 0 Å². The zero-order chi connectivity index (χ0) is 20.7. The van der Waals surface area contributed by atoms with Crippen molar-refractivity contribution in [1.82, 2.24) is 15.0 Å². The topological polar surface area (TPSA) is 83.8 Å². The van der Waals surface area contributed by atoms with Gasteiger partial charge in [-0.15, -0.1) is 11.3 Å². The molecule has 0 saturated heterocycles. The number of nitrogens with zero attached hydrogens (tertiary/aromatic N) is 5. The Kier molecular flexibility index (Phi) is 4.91. The Morgan fingerprint density at radius 1 is 0.966 bits per heavy atom. The minimum atomic E-state index is 0.150. The second-order valence-corrected chi connectivity index (χ2v) is 8.07. The molecule has 0 fully saturated rings. The van der Waals surface area contributed by atoms with Crippen LogP contribution in [0, 0.1) is 6.92 Å². The van der Waals surface area contributed by atoms with Gasteiger partial charge in [0.1, 0.15) is 19.0 Å². The van der Waals surface area contributed by atoms with E-state index in [1.54, 1.807) is 11.3 Å². The quantitative estimate of drug-likeness (QED) is 0.698. The highest BCUT2D eigenvalue weighted by atomic mass is 32.1. The highest BCUT2D eigenvalue weighted by Crippen LogP contribution is 2.47. The van der Waals surface area contributed by atoms with Crippen LogP contribution in [-0.2, 0) is 0 Å². The lowest BCUT2D eigenvalue weighted by molar-refractivity contribution is 0.174. The number of rotatable bonds is 4. The van der Waals surface area contributed by atoms with E-state index < -0.39 is 0 Å². The summed E-state index contributed by atoms with van der Waals surface area (Å²) in [6.07, 6.45) is 0. The van der Waals surface area contributed by atoms with Crippen molar-refractivity contribution in [3.8, 4) is 39.1 Å². The van der Waals surface area contributed by atoms with E-state index in [9.17, 15) is 5.11 Å². The van der Waals surface area contributed by atoms with Crippen LogP contribution in [-0.4, -0.2) is 61.5 Å². The van der Waals surface area contributed by atoms with Gasteiger partial charge >= 0.3 is 0 Å². The van der Waals surface area contributed by atoms with Crippen LogP contribution < -0.4 is 19.3 Å². The Bertz CT molecular complexity index is 1040. The maximum atomic E-state index is 10.8. The number of thiophene rings is 1. The fraction of sp³-hybridized carbons (Fsp3) is 0.350.